The van der Waals surface area contributed by atoms with Crippen LogP contribution in [-0.2, 0) is 14.9 Å². The molecular formula is C9H19NaO4S. The molecule has 0 bridgehead atoms. The minimum absolute atomic E-state index is 0. The molecule has 0 aromatic rings. The van der Waals surface area contributed by atoms with Crippen molar-refractivity contribution < 1.29 is 17.7 Å². The first-order chi connectivity index (χ1) is 6.45. The molecule has 0 aliphatic heterocycles. The predicted molar refractivity (Wildman–Crippen MR) is 62.8 cm³/mol. The van der Waals surface area contributed by atoms with E-state index >= 15 is 0 Å². The molecule has 1 N–H and O–H groups in total. The van der Waals surface area contributed by atoms with Crippen LogP contribution in [0.25, 0.3) is 0 Å². The van der Waals surface area contributed by atoms with E-state index in [1.54, 1.807) is 0 Å². The average molecular weight is 246 g/mol. The van der Waals surface area contributed by atoms with Crippen LogP contribution in [0.15, 0.2) is 12.3 Å². The molecule has 0 aliphatic carbocycles. The summed E-state index contributed by atoms with van der Waals surface area (Å²) in [6.07, 6.45) is 4.24. The van der Waals surface area contributed by atoms with Gasteiger partial charge in [0.25, 0.3) is 10.1 Å². The molecule has 0 heterocycles. The van der Waals surface area contributed by atoms with Crippen LogP contribution < -0.4 is 0 Å². The Labute approximate surface area is 114 Å². The standard InChI is InChI=1S/C9H18O4S.Na.H/c1-3-4-5-6-7-13-9(2)8-14(10,11)12;;/h2-8H2,1H3,(H,10,11,12);;. The molecule has 6 heteroatoms. The predicted octanol–water partition coefficient (Wildman–Crippen LogP) is 1.34. The molecule has 86 valence electrons. The van der Waals surface area contributed by atoms with Crippen molar-refractivity contribution in [2.45, 2.75) is 32.6 Å². The fourth-order valence-corrected chi connectivity index (χ4v) is 1.48. The van der Waals surface area contributed by atoms with Crippen molar-refractivity contribution in [1.29, 1.82) is 0 Å². The Morgan fingerprint density at radius 2 is 1.93 bits per heavy atom. The summed E-state index contributed by atoms with van der Waals surface area (Å²) in [5, 5.41) is 0. The average Bonchev–Trinajstić information content (AvgIpc) is 2.00. The number of hydrogen-bond donors (Lipinski definition) is 1. The van der Waals surface area contributed by atoms with E-state index in [1.165, 1.54) is 0 Å². The van der Waals surface area contributed by atoms with Crippen molar-refractivity contribution >= 4 is 39.7 Å². The zero-order valence-corrected chi connectivity index (χ0v) is 9.35. The van der Waals surface area contributed by atoms with Crippen LogP contribution in [0, 0.1) is 0 Å². The van der Waals surface area contributed by atoms with Crippen molar-refractivity contribution in [2.24, 2.45) is 0 Å². The molecule has 0 spiro atoms. The first-order valence-electron chi connectivity index (χ1n) is 4.71. The zero-order chi connectivity index (χ0) is 11.0. The molecule has 0 aromatic carbocycles. The van der Waals surface area contributed by atoms with Gasteiger partial charge in [-0.05, 0) is 6.42 Å². The van der Waals surface area contributed by atoms with Crippen molar-refractivity contribution in [2.75, 3.05) is 12.4 Å². The Bertz CT molecular complexity index is 261. The number of unbranched alkanes of at least 4 members (excludes halogenated alkanes) is 3. The van der Waals surface area contributed by atoms with Gasteiger partial charge in [-0.3, -0.25) is 4.55 Å². The molecule has 0 saturated carbocycles. The first kappa shape index (κ1) is 17.8. The van der Waals surface area contributed by atoms with Crippen LogP contribution in [0.2, 0.25) is 0 Å². The summed E-state index contributed by atoms with van der Waals surface area (Å²) < 4.78 is 34.3. The maximum atomic E-state index is 10.4. The summed E-state index contributed by atoms with van der Waals surface area (Å²) in [5.74, 6) is -0.412. The first-order valence-corrected chi connectivity index (χ1v) is 6.32. The van der Waals surface area contributed by atoms with Crippen LogP contribution >= 0.6 is 0 Å². The van der Waals surface area contributed by atoms with E-state index in [1.807, 2.05) is 0 Å². The van der Waals surface area contributed by atoms with Gasteiger partial charge < -0.3 is 4.74 Å². The monoisotopic (exact) mass is 246 g/mol. The maximum absolute atomic E-state index is 10.4. The van der Waals surface area contributed by atoms with Crippen LogP contribution in [0.4, 0.5) is 0 Å². The second-order valence-electron chi connectivity index (χ2n) is 3.17. The summed E-state index contributed by atoms with van der Waals surface area (Å²) in [5.41, 5.74) is 0. The summed E-state index contributed by atoms with van der Waals surface area (Å²) in [7, 11) is -4.00. The molecule has 0 aromatic heterocycles. The van der Waals surface area contributed by atoms with Gasteiger partial charge in [-0.2, -0.15) is 8.42 Å². The quantitative estimate of drug-likeness (QED) is 0.304. The van der Waals surface area contributed by atoms with E-state index in [9.17, 15) is 8.42 Å². The van der Waals surface area contributed by atoms with Gasteiger partial charge in [0.2, 0.25) is 0 Å². The second kappa shape index (κ2) is 9.66. The molecule has 4 nitrogen and oxygen atoms in total. The van der Waals surface area contributed by atoms with Gasteiger partial charge in [-0.25, -0.2) is 0 Å². The van der Waals surface area contributed by atoms with Crippen LogP contribution in [0.1, 0.15) is 32.6 Å². The van der Waals surface area contributed by atoms with Crippen LogP contribution in [0.3, 0.4) is 0 Å². The van der Waals surface area contributed by atoms with Gasteiger partial charge in [0.05, 0.1) is 6.61 Å². The van der Waals surface area contributed by atoms with Gasteiger partial charge in [0.1, 0.15) is 11.5 Å². The second-order valence-corrected chi connectivity index (χ2v) is 4.63. The van der Waals surface area contributed by atoms with Crippen molar-refractivity contribution in [1.82, 2.24) is 0 Å². The Morgan fingerprint density at radius 1 is 1.33 bits per heavy atom. The Balaban J connectivity index is 0. The number of ether oxygens (including phenoxy) is 1. The molecule has 0 rings (SSSR count). The zero-order valence-electron chi connectivity index (χ0n) is 8.53. The van der Waals surface area contributed by atoms with E-state index in [-0.39, 0.29) is 35.3 Å². The number of rotatable bonds is 8. The summed E-state index contributed by atoms with van der Waals surface area (Å²) in [6.45, 7) is 5.97. The third-order valence-electron chi connectivity index (χ3n) is 1.65. The van der Waals surface area contributed by atoms with Crippen molar-refractivity contribution in [3.63, 3.8) is 0 Å². The molecule has 0 aliphatic rings. The molecule has 0 atom stereocenters. The van der Waals surface area contributed by atoms with E-state index in [0.29, 0.717) is 6.61 Å². The molecule has 0 saturated heterocycles. The SMILES string of the molecule is C=C(CS(=O)(=O)O)OCCCCCC.[NaH]. The van der Waals surface area contributed by atoms with Gasteiger partial charge in [-0.15, -0.1) is 0 Å². The van der Waals surface area contributed by atoms with E-state index in [4.69, 9.17) is 9.29 Å². The summed E-state index contributed by atoms with van der Waals surface area (Å²) in [4.78, 5) is 0. The fraction of sp³-hybridized carbons (Fsp3) is 0.778. The minimum atomic E-state index is -4.00. The topological polar surface area (TPSA) is 63.6 Å². The van der Waals surface area contributed by atoms with E-state index < -0.39 is 15.9 Å². The summed E-state index contributed by atoms with van der Waals surface area (Å²) in [6, 6.07) is 0. The Morgan fingerprint density at radius 3 is 2.40 bits per heavy atom. The van der Waals surface area contributed by atoms with E-state index in [2.05, 4.69) is 13.5 Å². The summed E-state index contributed by atoms with van der Waals surface area (Å²) >= 11 is 0. The van der Waals surface area contributed by atoms with Gasteiger partial charge in [0.15, 0.2) is 0 Å². The molecule has 0 fully saturated rings. The van der Waals surface area contributed by atoms with Crippen LogP contribution in [-0.4, -0.2) is 54.9 Å². The normalized spacial score (nSPS) is 10.5. The Kier molecular flexibility index (Phi) is 11.5. The third-order valence-corrected chi connectivity index (χ3v) is 2.33. The van der Waals surface area contributed by atoms with Crippen molar-refractivity contribution in [3.8, 4) is 0 Å². The Hall–Kier alpha value is 0.450. The van der Waals surface area contributed by atoms with Crippen LogP contribution in [0.5, 0.6) is 0 Å². The van der Waals surface area contributed by atoms with Gasteiger partial charge in [0, 0.05) is 0 Å². The van der Waals surface area contributed by atoms with E-state index in [0.717, 1.165) is 25.7 Å². The fourth-order valence-electron chi connectivity index (χ4n) is 0.990. The molecular weight excluding hydrogens is 227 g/mol. The molecule has 0 radical (unpaired) electrons. The molecule has 0 unspecified atom stereocenters. The number of hydrogen-bond acceptors (Lipinski definition) is 3. The third kappa shape index (κ3) is 14.5. The molecule has 15 heavy (non-hydrogen) atoms. The van der Waals surface area contributed by atoms with Crippen molar-refractivity contribution in [3.05, 3.63) is 12.3 Å². The van der Waals surface area contributed by atoms with Gasteiger partial charge in [-0.1, -0.05) is 32.8 Å². The van der Waals surface area contributed by atoms with Gasteiger partial charge >= 0.3 is 29.6 Å². The molecule has 0 amide bonds.